The van der Waals surface area contributed by atoms with E-state index in [0.717, 1.165) is 18.3 Å². The van der Waals surface area contributed by atoms with Crippen LogP contribution in [-0.2, 0) is 5.92 Å². The molecule has 5 heteroatoms. The lowest BCUT2D eigenvalue weighted by Gasteiger charge is -2.03. The minimum Gasteiger partial charge on any atom is -0.237 e. The summed E-state index contributed by atoms with van der Waals surface area (Å²) < 4.78 is 25.3. The van der Waals surface area contributed by atoms with E-state index in [1.165, 1.54) is 6.20 Å². The standard InChI is InChI=1S/C5H4BrF2NS/c1-5(7,8)3-2-9-4(6)10-3/h2H,1H3. The maximum absolute atomic E-state index is 12.4. The predicted molar refractivity (Wildman–Crippen MR) is 39.4 cm³/mol. The Bertz CT molecular complexity index is 230. The summed E-state index contributed by atoms with van der Waals surface area (Å²) in [6, 6.07) is 0. The molecular weight excluding hydrogens is 224 g/mol. The fraction of sp³-hybridized carbons (Fsp3) is 0.400. The Morgan fingerprint density at radius 3 is 2.50 bits per heavy atom. The maximum Gasteiger partial charge on any atom is 0.281 e. The van der Waals surface area contributed by atoms with Gasteiger partial charge >= 0.3 is 0 Å². The molecule has 0 atom stereocenters. The molecule has 1 aromatic heterocycles. The van der Waals surface area contributed by atoms with Crippen molar-refractivity contribution < 1.29 is 8.78 Å². The van der Waals surface area contributed by atoms with E-state index < -0.39 is 5.92 Å². The highest BCUT2D eigenvalue weighted by atomic mass is 79.9. The van der Waals surface area contributed by atoms with Gasteiger partial charge in [-0.1, -0.05) is 0 Å². The average Bonchev–Trinajstić information content (AvgIpc) is 2.11. The molecule has 0 aromatic carbocycles. The minimum absolute atomic E-state index is 0.0145. The van der Waals surface area contributed by atoms with E-state index in [2.05, 4.69) is 20.9 Å². The molecule has 0 unspecified atom stereocenters. The summed E-state index contributed by atoms with van der Waals surface area (Å²) in [6.45, 7) is 0.854. The van der Waals surface area contributed by atoms with Crippen molar-refractivity contribution in [2.75, 3.05) is 0 Å². The van der Waals surface area contributed by atoms with Gasteiger partial charge in [-0.25, -0.2) is 13.8 Å². The second kappa shape index (κ2) is 2.54. The first kappa shape index (κ1) is 8.07. The van der Waals surface area contributed by atoms with Crippen molar-refractivity contribution in [1.82, 2.24) is 4.98 Å². The zero-order valence-corrected chi connectivity index (χ0v) is 7.47. The predicted octanol–water partition coefficient (Wildman–Crippen LogP) is 3.02. The Kier molecular flexibility index (Phi) is 2.05. The highest BCUT2D eigenvalue weighted by Gasteiger charge is 2.26. The molecule has 0 radical (unpaired) electrons. The van der Waals surface area contributed by atoms with Gasteiger partial charge in [0.1, 0.15) is 0 Å². The van der Waals surface area contributed by atoms with Crippen molar-refractivity contribution >= 4 is 27.3 Å². The minimum atomic E-state index is -2.76. The molecule has 0 N–H and O–H groups in total. The highest BCUT2D eigenvalue weighted by molar-refractivity contribution is 9.11. The highest BCUT2D eigenvalue weighted by Crippen LogP contribution is 2.32. The molecule has 1 nitrogen and oxygen atoms in total. The van der Waals surface area contributed by atoms with Crippen molar-refractivity contribution in [3.05, 3.63) is 15.0 Å². The Morgan fingerprint density at radius 2 is 2.30 bits per heavy atom. The van der Waals surface area contributed by atoms with Crippen molar-refractivity contribution in [2.45, 2.75) is 12.8 Å². The molecule has 0 aliphatic carbocycles. The fourth-order valence-electron chi connectivity index (χ4n) is 0.456. The van der Waals surface area contributed by atoms with Gasteiger partial charge in [-0.15, -0.1) is 11.3 Å². The second-order valence-corrected chi connectivity index (χ2v) is 4.17. The number of alkyl halides is 2. The Balaban J connectivity index is 2.96. The van der Waals surface area contributed by atoms with Crippen LogP contribution in [0.2, 0.25) is 0 Å². The average molecular weight is 228 g/mol. The van der Waals surface area contributed by atoms with E-state index in [1.807, 2.05) is 0 Å². The Morgan fingerprint density at radius 1 is 1.70 bits per heavy atom. The van der Waals surface area contributed by atoms with Crippen LogP contribution in [0.5, 0.6) is 0 Å². The lowest BCUT2D eigenvalue weighted by Crippen LogP contribution is -2.03. The van der Waals surface area contributed by atoms with Gasteiger partial charge in [-0.2, -0.15) is 0 Å². The SMILES string of the molecule is CC(F)(F)c1cnc(Br)s1. The van der Waals surface area contributed by atoms with Gasteiger partial charge in [-0.05, 0) is 15.9 Å². The van der Waals surface area contributed by atoms with Crippen LogP contribution in [0.25, 0.3) is 0 Å². The van der Waals surface area contributed by atoms with E-state index >= 15 is 0 Å². The zero-order chi connectivity index (χ0) is 7.78. The summed E-state index contributed by atoms with van der Waals surface area (Å²) in [4.78, 5) is 3.62. The monoisotopic (exact) mass is 227 g/mol. The number of halogens is 3. The van der Waals surface area contributed by atoms with E-state index in [4.69, 9.17) is 0 Å². The molecule has 0 spiro atoms. The Labute approximate surface area is 69.2 Å². The largest absolute Gasteiger partial charge is 0.281 e. The normalized spacial score (nSPS) is 12.0. The quantitative estimate of drug-likeness (QED) is 0.719. The lowest BCUT2D eigenvalue weighted by molar-refractivity contribution is 0.0213. The van der Waals surface area contributed by atoms with Crippen molar-refractivity contribution in [2.24, 2.45) is 0 Å². The van der Waals surface area contributed by atoms with Crippen LogP contribution in [0.3, 0.4) is 0 Å². The van der Waals surface area contributed by atoms with Crippen LogP contribution in [-0.4, -0.2) is 4.98 Å². The molecule has 0 amide bonds. The van der Waals surface area contributed by atoms with Gasteiger partial charge in [0, 0.05) is 13.1 Å². The van der Waals surface area contributed by atoms with E-state index in [-0.39, 0.29) is 4.88 Å². The van der Waals surface area contributed by atoms with Gasteiger partial charge in [0.25, 0.3) is 5.92 Å². The zero-order valence-electron chi connectivity index (χ0n) is 5.07. The molecule has 1 heterocycles. The van der Waals surface area contributed by atoms with Gasteiger partial charge in [-0.3, -0.25) is 0 Å². The third kappa shape index (κ3) is 1.73. The molecular formula is C5H4BrF2NS. The fourth-order valence-corrected chi connectivity index (χ4v) is 1.65. The Hall–Kier alpha value is -0.0300. The number of thiazole rings is 1. The van der Waals surface area contributed by atoms with Crippen LogP contribution in [0.15, 0.2) is 10.1 Å². The van der Waals surface area contributed by atoms with Gasteiger partial charge < -0.3 is 0 Å². The third-order valence-electron chi connectivity index (χ3n) is 0.910. The molecule has 0 saturated heterocycles. The third-order valence-corrected chi connectivity index (χ3v) is 2.56. The first-order chi connectivity index (χ1) is 4.50. The number of rotatable bonds is 1. The van der Waals surface area contributed by atoms with E-state index in [1.54, 1.807) is 0 Å². The first-order valence-corrected chi connectivity index (χ1v) is 4.11. The molecule has 56 valence electrons. The van der Waals surface area contributed by atoms with Crippen LogP contribution in [0.4, 0.5) is 8.78 Å². The smallest absolute Gasteiger partial charge is 0.237 e. The van der Waals surface area contributed by atoms with Crippen molar-refractivity contribution in [3.63, 3.8) is 0 Å². The first-order valence-electron chi connectivity index (χ1n) is 2.50. The lowest BCUT2D eigenvalue weighted by atomic mass is 10.3. The van der Waals surface area contributed by atoms with E-state index in [9.17, 15) is 8.78 Å². The number of nitrogens with zero attached hydrogens (tertiary/aromatic N) is 1. The van der Waals surface area contributed by atoms with Gasteiger partial charge in [0.05, 0.1) is 4.88 Å². The van der Waals surface area contributed by atoms with Crippen molar-refractivity contribution in [3.8, 4) is 0 Å². The molecule has 0 fully saturated rings. The number of aromatic nitrogens is 1. The topological polar surface area (TPSA) is 12.9 Å². The molecule has 1 rings (SSSR count). The summed E-state index contributed by atoms with van der Waals surface area (Å²) >= 11 is 3.95. The molecule has 0 aliphatic heterocycles. The van der Waals surface area contributed by atoms with Gasteiger partial charge in [0.2, 0.25) is 0 Å². The maximum atomic E-state index is 12.4. The summed E-state index contributed by atoms with van der Waals surface area (Å²) in [5.41, 5.74) is 0. The molecule has 0 saturated carbocycles. The van der Waals surface area contributed by atoms with Crippen LogP contribution in [0, 0.1) is 0 Å². The number of hydrogen-bond donors (Lipinski definition) is 0. The summed E-state index contributed by atoms with van der Waals surface area (Å²) in [5.74, 6) is -2.76. The molecule has 10 heavy (non-hydrogen) atoms. The van der Waals surface area contributed by atoms with Crippen LogP contribution in [0.1, 0.15) is 11.8 Å². The summed E-state index contributed by atoms with van der Waals surface area (Å²) in [7, 11) is 0. The second-order valence-electron chi connectivity index (χ2n) is 1.87. The van der Waals surface area contributed by atoms with Crippen molar-refractivity contribution in [1.29, 1.82) is 0 Å². The molecule has 0 aliphatic rings. The molecule has 1 aromatic rings. The molecule has 0 bridgehead atoms. The number of hydrogen-bond acceptors (Lipinski definition) is 2. The van der Waals surface area contributed by atoms with Gasteiger partial charge in [0.15, 0.2) is 3.92 Å². The van der Waals surface area contributed by atoms with E-state index in [0.29, 0.717) is 3.92 Å². The van der Waals surface area contributed by atoms with Crippen LogP contribution < -0.4 is 0 Å². The summed E-state index contributed by atoms with van der Waals surface area (Å²) in [5, 5.41) is 0. The summed E-state index contributed by atoms with van der Waals surface area (Å²) in [6.07, 6.45) is 1.18. The van der Waals surface area contributed by atoms with Crippen LogP contribution >= 0.6 is 27.3 Å².